The summed E-state index contributed by atoms with van der Waals surface area (Å²) < 4.78 is 12.2. The molecule has 7 heteroatoms. The van der Waals surface area contributed by atoms with E-state index in [1.807, 2.05) is 60.7 Å². The van der Waals surface area contributed by atoms with Crippen molar-refractivity contribution < 1.29 is 14.3 Å². The average Bonchev–Trinajstić information content (AvgIpc) is 2.73. The van der Waals surface area contributed by atoms with Crippen molar-refractivity contribution in [3.63, 3.8) is 0 Å². The number of rotatable bonds is 9. The maximum absolute atomic E-state index is 5.95. The number of ether oxygens (including phenoxy) is 2. The topological polar surface area (TPSA) is 79.0 Å². The molecular weight excluding hydrogens is 422 g/mol. The SMILES string of the molecule is NC(=NOCCOc1cccc(Br)c1)c1ccc(OCc2cccnc2)cc1. The molecule has 0 saturated carbocycles. The van der Waals surface area contributed by atoms with Crippen LogP contribution < -0.4 is 15.2 Å². The van der Waals surface area contributed by atoms with E-state index in [0.717, 1.165) is 27.1 Å². The Bertz CT molecular complexity index is 902. The van der Waals surface area contributed by atoms with Crippen molar-refractivity contribution in [3.05, 3.63) is 88.7 Å². The zero-order valence-corrected chi connectivity index (χ0v) is 16.7. The van der Waals surface area contributed by atoms with Crippen LogP contribution >= 0.6 is 15.9 Å². The number of amidine groups is 1. The fourth-order valence-corrected chi connectivity index (χ4v) is 2.67. The summed E-state index contributed by atoms with van der Waals surface area (Å²) in [6.45, 7) is 1.12. The second-order valence-electron chi connectivity index (χ2n) is 5.79. The minimum Gasteiger partial charge on any atom is -0.490 e. The van der Waals surface area contributed by atoms with Crippen LogP contribution in [0.4, 0.5) is 0 Å². The van der Waals surface area contributed by atoms with Crippen LogP contribution in [0.15, 0.2) is 82.7 Å². The molecule has 28 heavy (non-hydrogen) atoms. The lowest BCUT2D eigenvalue weighted by atomic mass is 10.2. The van der Waals surface area contributed by atoms with Gasteiger partial charge in [0.15, 0.2) is 12.4 Å². The maximum Gasteiger partial charge on any atom is 0.170 e. The molecule has 0 aliphatic heterocycles. The largest absolute Gasteiger partial charge is 0.490 e. The summed E-state index contributed by atoms with van der Waals surface area (Å²) in [6, 6.07) is 18.8. The van der Waals surface area contributed by atoms with Gasteiger partial charge in [0, 0.05) is 28.0 Å². The number of hydrogen-bond acceptors (Lipinski definition) is 5. The van der Waals surface area contributed by atoms with Crippen LogP contribution in [-0.4, -0.2) is 24.0 Å². The molecule has 0 aliphatic carbocycles. The fraction of sp³-hybridized carbons (Fsp3) is 0.143. The van der Waals surface area contributed by atoms with Crippen LogP contribution in [0.2, 0.25) is 0 Å². The summed E-state index contributed by atoms with van der Waals surface area (Å²) in [5.41, 5.74) is 7.71. The summed E-state index contributed by atoms with van der Waals surface area (Å²) in [5, 5.41) is 3.92. The number of nitrogens with two attached hydrogens (primary N) is 1. The first-order valence-electron chi connectivity index (χ1n) is 8.66. The Morgan fingerprint density at radius 2 is 1.82 bits per heavy atom. The Balaban J connectivity index is 1.42. The van der Waals surface area contributed by atoms with Crippen LogP contribution in [0, 0.1) is 0 Å². The van der Waals surface area contributed by atoms with E-state index in [-0.39, 0.29) is 0 Å². The molecule has 0 bridgehead atoms. The standard InChI is InChI=1S/C21H20BrN3O3/c22-18-4-1-5-20(13-18)26-11-12-28-25-21(23)17-6-8-19(9-7-17)27-15-16-3-2-10-24-14-16/h1-10,13-14H,11-12,15H2,(H2,23,25). The average molecular weight is 442 g/mol. The number of oxime groups is 1. The van der Waals surface area contributed by atoms with Gasteiger partial charge in [0.25, 0.3) is 0 Å². The molecule has 0 fully saturated rings. The predicted octanol–water partition coefficient (Wildman–Crippen LogP) is 4.14. The van der Waals surface area contributed by atoms with E-state index < -0.39 is 0 Å². The highest BCUT2D eigenvalue weighted by Crippen LogP contribution is 2.17. The summed E-state index contributed by atoms with van der Waals surface area (Å²) >= 11 is 3.39. The van der Waals surface area contributed by atoms with E-state index in [1.165, 1.54) is 0 Å². The third-order valence-corrected chi connectivity index (χ3v) is 4.17. The van der Waals surface area contributed by atoms with Gasteiger partial charge in [-0.1, -0.05) is 33.2 Å². The van der Waals surface area contributed by atoms with Gasteiger partial charge in [-0.05, 0) is 48.5 Å². The van der Waals surface area contributed by atoms with Gasteiger partial charge in [-0.3, -0.25) is 4.98 Å². The Labute approximate surface area is 172 Å². The molecule has 0 saturated heterocycles. The zero-order chi connectivity index (χ0) is 19.6. The van der Waals surface area contributed by atoms with Gasteiger partial charge < -0.3 is 20.0 Å². The number of benzene rings is 2. The van der Waals surface area contributed by atoms with E-state index >= 15 is 0 Å². The first-order valence-corrected chi connectivity index (χ1v) is 9.46. The number of halogens is 1. The summed E-state index contributed by atoms with van der Waals surface area (Å²) in [7, 11) is 0. The second-order valence-corrected chi connectivity index (χ2v) is 6.71. The van der Waals surface area contributed by atoms with Crippen LogP contribution in [0.5, 0.6) is 11.5 Å². The lowest BCUT2D eigenvalue weighted by Gasteiger charge is -2.08. The first kappa shape index (κ1) is 19.7. The molecular formula is C21H20BrN3O3. The minimum atomic E-state index is 0.291. The monoisotopic (exact) mass is 441 g/mol. The van der Waals surface area contributed by atoms with Crippen LogP contribution in [-0.2, 0) is 11.4 Å². The van der Waals surface area contributed by atoms with Gasteiger partial charge >= 0.3 is 0 Å². The lowest BCUT2D eigenvalue weighted by molar-refractivity contribution is 0.107. The maximum atomic E-state index is 5.95. The first-order chi connectivity index (χ1) is 13.7. The molecule has 3 rings (SSSR count). The molecule has 0 aliphatic rings. The third-order valence-electron chi connectivity index (χ3n) is 3.68. The number of nitrogens with zero attached hydrogens (tertiary/aromatic N) is 2. The van der Waals surface area contributed by atoms with Gasteiger partial charge in [0.05, 0.1) is 0 Å². The van der Waals surface area contributed by atoms with Crippen molar-refractivity contribution in [1.82, 2.24) is 4.98 Å². The summed E-state index contributed by atoms with van der Waals surface area (Å²) in [4.78, 5) is 9.29. The Kier molecular flexibility index (Phi) is 7.26. The molecule has 144 valence electrons. The quantitative estimate of drug-likeness (QED) is 0.233. The molecule has 3 aromatic rings. The van der Waals surface area contributed by atoms with Crippen LogP contribution in [0.25, 0.3) is 0 Å². The van der Waals surface area contributed by atoms with Crippen molar-refractivity contribution >= 4 is 21.8 Å². The molecule has 1 heterocycles. The number of hydrogen-bond donors (Lipinski definition) is 1. The fourth-order valence-electron chi connectivity index (χ4n) is 2.29. The highest BCUT2D eigenvalue weighted by molar-refractivity contribution is 9.10. The van der Waals surface area contributed by atoms with Crippen molar-refractivity contribution in [1.29, 1.82) is 0 Å². The van der Waals surface area contributed by atoms with Gasteiger partial charge in [-0.15, -0.1) is 0 Å². The summed E-state index contributed by atoms with van der Waals surface area (Å²) in [5.74, 6) is 1.79. The highest BCUT2D eigenvalue weighted by Gasteiger charge is 2.02. The second kappa shape index (κ2) is 10.3. The van der Waals surface area contributed by atoms with Crippen LogP contribution in [0.3, 0.4) is 0 Å². The number of aromatic nitrogens is 1. The van der Waals surface area contributed by atoms with E-state index in [0.29, 0.717) is 25.7 Å². The molecule has 0 spiro atoms. The van der Waals surface area contributed by atoms with E-state index in [2.05, 4.69) is 26.1 Å². The van der Waals surface area contributed by atoms with Gasteiger partial charge in [0.2, 0.25) is 0 Å². The molecule has 0 unspecified atom stereocenters. The van der Waals surface area contributed by atoms with Gasteiger partial charge in [0.1, 0.15) is 24.7 Å². The third kappa shape index (κ3) is 6.28. The molecule has 6 nitrogen and oxygen atoms in total. The Morgan fingerprint density at radius 1 is 0.964 bits per heavy atom. The summed E-state index contributed by atoms with van der Waals surface area (Å²) in [6.07, 6.45) is 3.51. The normalized spacial score (nSPS) is 11.1. The Morgan fingerprint density at radius 3 is 2.57 bits per heavy atom. The van der Waals surface area contributed by atoms with Gasteiger partial charge in [-0.2, -0.15) is 0 Å². The predicted molar refractivity (Wildman–Crippen MR) is 111 cm³/mol. The van der Waals surface area contributed by atoms with Crippen molar-refractivity contribution in [2.45, 2.75) is 6.61 Å². The van der Waals surface area contributed by atoms with Crippen molar-refractivity contribution in [2.75, 3.05) is 13.2 Å². The molecule has 1 aromatic heterocycles. The zero-order valence-electron chi connectivity index (χ0n) is 15.1. The van der Waals surface area contributed by atoms with Crippen molar-refractivity contribution in [2.24, 2.45) is 10.9 Å². The number of pyridine rings is 1. The minimum absolute atomic E-state index is 0.291. The van der Waals surface area contributed by atoms with Crippen molar-refractivity contribution in [3.8, 4) is 11.5 Å². The van der Waals surface area contributed by atoms with E-state index in [9.17, 15) is 0 Å². The molecule has 0 radical (unpaired) electrons. The Hall–Kier alpha value is -3.06. The lowest BCUT2D eigenvalue weighted by Crippen LogP contribution is -2.15. The molecule has 2 N–H and O–H groups in total. The van der Waals surface area contributed by atoms with E-state index in [1.54, 1.807) is 12.4 Å². The molecule has 0 amide bonds. The molecule has 2 aromatic carbocycles. The van der Waals surface area contributed by atoms with Crippen LogP contribution in [0.1, 0.15) is 11.1 Å². The molecule has 0 atom stereocenters. The van der Waals surface area contributed by atoms with E-state index in [4.69, 9.17) is 20.0 Å². The van der Waals surface area contributed by atoms with Gasteiger partial charge in [-0.25, -0.2) is 0 Å². The smallest absolute Gasteiger partial charge is 0.170 e. The highest BCUT2D eigenvalue weighted by atomic mass is 79.9.